The maximum Gasteiger partial charge on any atom is 0.272 e. The predicted octanol–water partition coefficient (Wildman–Crippen LogP) is 5.52. The van der Waals surface area contributed by atoms with Gasteiger partial charge in [0.15, 0.2) is 0 Å². The standard InChI is InChI=1S/C23H26ClN3O/c1-5-12-27-21-11-10-17(13-19(21)16(2)14-23(27,3)4)15-25-26-22(28)18-8-6-7-9-20(18)24/h6-11,13-15H,5,12H2,1-4H3,(H,26,28)/b25-15-. The Morgan fingerprint density at radius 1 is 1.25 bits per heavy atom. The van der Waals surface area contributed by atoms with Crippen LogP contribution in [0.1, 0.15) is 55.6 Å². The van der Waals surface area contributed by atoms with Crippen LogP contribution >= 0.6 is 11.6 Å². The summed E-state index contributed by atoms with van der Waals surface area (Å²) in [6.07, 6.45) is 5.06. The molecule has 0 saturated heterocycles. The maximum atomic E-state index is 12.2. The van der Waals surface area contributed by atoms with Crippen molar-refractivity contribution in [1.82, 2.24) is 5.43 Å². The minimum absolute atomic E-state index is 0.00831. The highest BCUT2D eigenvalue weighted by Crippen LogP contribution is 2.39. The Bertz CT molecular complexity index is 947. The Labute approximate surface area is 171 Å². The lowest BCUT2D eigenvalue weighted by molar-refractivity contribution is 0.0955. The third-order valence-electron chi connectivity index (χ3n) is 4.95. The topological polar surface area (TPSA) is 44.7 Å². The number of fused-ring (bicyclic) bond motifs is 1. The fraction of sp³-hybridized carbons (Fsp3) is 0.304. The number of benzene rings is 2. The summed E-state index contributed by atoms with van der Waals surface area (Å²) in [5.74, 6) is -0.327. The van der Waals surface area contributed by atoms with E-state index >= 15 is 0 Å². The number of allylic oxidation sites excluding steroid dienone is 1. The first-order valence-corrected chi connectivity index (χ1v) is 9.90. The molecule has 1 N–H and O–H groups in total. The molecule has 3 rings (SSSR count). The average Bonchev–Trinajstić information content (AvgIpc) is 2.65. The van der Waals surface area contributed by atoms with Crippen LogP contribution in [0.5, 0.6) is 0 Å². The second-order valence-electron chi connectivity index (χ2n) is 7.59. The molecule has 2 aromatic rings. The van der Waals surface area contributed by atoms with Crippen LogP contribution in [0.15, 0.2) is 53.6 Å². The number of amides is 1. The first kappa shape index (κ1) is 20.2. The Hall–Kier alpha value is -2.59. The van der Waals surface area contributed by atoms with Crippen LogP contribution in [0.2, 0.25) is 5.02 Å². The van der Waals surface area contributed by atoms with Crippen molar-refractivity contribution in [3.63, 3.8) is 0 Å². The van der Waals surface area contributed by atoms with E-state index < -0.39 is 0 Å². The molecule has 1 amide bonds. The van der Waals surface area contributed by atoms with Gasteiger partial charge in [-0.25, -0.2) is 5.43 Å². The van der Waals surface area contributed by atoms with Gasteiger partial charge in [-0.1, -0.05) is 42.8 Å². The first-order valence-electron chi connectivity index (χ1n) is 9.53. The lowest BCUT2D eigenvalue weighted by atomic mass is 9.88. The molecule has 1 aliphatic heterocycles. The maximum absolute atomic E-state index is 12.2. The number of rotatable bonds is 5. The molecule has 0 atom stereocenters. The van der Waals surface area contributed by atoms with E-state index in [0.717, 1.165) is 18.5 Å². The number of halogens is 1. The summed E-state index contributed by atoms with van der Waals surface area (Å²) in [6.45, 7) is 9.84. The van der Waals surface area contributed by atoms with Gasteiger partial charge < -0.3 is 4.90 Å². The minimum atomic E-state index is -0.327. The third kappa shape index (κ3) is 4.12. The van der Waals surface area contributed by atoms with Crippen LogP contribution in [0.3, 0.4) is 0 Å². The van der Waals surface area contributed by atoms with Gasteiger partial charge in [-0.2, -0.15) is 5.10 Å². The van der Waals surface area contributed by atoms with Gasteiger partial charge >= 0.3 is 0 Å². The van der Waals surface area contributed by atoms with Crippen LogP contribution in [0, 0.1) is 0 Å². The van der Waals surface area contributed by atoms with Crippen molar-refractivity contribution < 1.29 is 4.79 Å². The van der Waals surface area contributed by atoms with Crippen LogP contribution in [0.25, 0.3) is 5.57 Å². The third-order valence-corrected chi connectivity index (χ3v) is 5.28. The Morgan fingerprint density at radius 3 is 2.71 bits per heavy atom. The molecular weight excluding hydrogens is 370 g/mol. The van der Waals surface area contributed by atoms with Gasteiger partial charge in [0, 0.05) is 17.8 Å². The number of nitrogens with zero attached hydrogens (tertiary/aromatic N) is 2. The van der Waals surface area contributed by atoms with E-state index in [2.05, 4.69) is 61.3 Å². The molecule has 0 saturated carbocycles. The molecule has 0 radical (unpaired) electrons. The smallest absolute Gasteiger partial charge is 0.272 e. The highest BCUT2D eigenvalue weighted by molar-refractivity contribution is 6.33. The van der Waals surface area contributed by atoms with Crippen molar-refractivity contribution in [2.45, 2.75) is 39.7 Å². The van der Waals surface area contributed by atoms with Gasteiger partial charge in [0.05, 0.1) is 22.3 Å². The lowest BCUT2D eigenvalue weighted by Gasteiger charge is -2.43. The van der Waals surface area contributed by atoms with Gasteiger partial charge in [0.1, 0.15) is 0 Å². The predicted molar refractivity (Wildman–Crippen MR) is 118 cm³/mol. The van der Waals surface area contributed by atoms with Crippen LogP contribution < -0.4 is 10.3 Å². The number of anilines is 1. The molecule has 146 valence electrons. The number of hydrogen-bond acceptors (Lipinski definition) is 3. The van der Waals surface area contributed by atoms with Gasteiger partial charge in [0.2, 0.25) is 0 Å². The van der Waals surface area contributed by atoms with Crippen molar-refractivity contribution in [3.8, 4) is 0 Å². The summed E-state index contributed by atoms with van der Waals surface area (Å²) in [4.78, 5) is 14.6. The second-order valence-corrected chi connectivity index (χ2v) is 8.00. The first-order chi connectivity index (χ1) is 13.3. The average molecular weight is 396 g/mol. The van der Waals surface area contributed by atoms with E-state index in [9.17, 15) is 4.79 Å². The summed E-state index contributed by atoms with van der Waals surface area (Å²) in [5.41, 5.74) is 7.57. The number of nitrogens with one attached hydrogen (secondary N) is 1. The van der Waals surface area contributed by atoms with E-state index in [0.29, 0.717) is 10.6 Å². The van der Waals surface area contributed by atoms with E-state index in [-0.39, 0.29) is 11.4 Å². The highest BCUT2D eigenvalue weighted by Gasteiger charge is 2.30. The number of hydrazone groups is 1. The molecule has 0 unspecified atom stereocenters. The van der Waals surface area contributed by atoms with E-state index in [1.165, 1.54) is 16.8 Å². The van der Waals surface area contributed by atoms with Crippen LogP contribution in [-0.4, -0.2) is 24.2 Å². The minimum Gasteiger partial charge on any atom is -0.362 e. The van der Waals surface area contributed by atoms with Gasteiger partial charge in [-0.05, 0) is 62.6 Å². The molecular formula is C23H26ClN3O. The van der Waals surface area contributed by atoms with E-state index in [1.54, 1.807) is 30.5 Å². The molecule has 0 aromatic heterocycles. The monoisotopic (exact) mass is 395 g/mol. The fourth-order valence-corrected chi connectivity index (χ4v) is 3.91. The largest absolute Gasteiger partial charge is 0.362 e. The number of hydrogen-bond donors (Lipinski definition) is 1. The van der Waals surface area contributed by atoms with E-state index in [1.807, 2.05) is 6.07 Å². The van der Waals surface area contributed by atoms with Crippen molar-refractivity contribution in [3.05, 3.63) is 70.3 Å². The molecule has 1 aliphatic rings. The molecule has 4 nitrogen and oxygen atoms in total. The summed E-state index contributed by atoms with van der Waals surface area (Å²) in [7, 11) is 0. The summed E-state index contributed by atoms with van der Waals surface area (Å²) >= 11 is 6.05. The molecule has 0 spiro atoms. The van der Waals surface area contributed by atoms with Crippen molar-refractivity contribution in [2.24, 2.45) is 5.10 Å². The molecule has 28 heavy (non-hydrogen) atoms. The normalized spacial score (nSPS) is 15.3. The summed E-state index contributed by atoms with van der Waals surface area (Å²) in [5, 5.41) is 4.51. The zero-order chi connectivity index (χ0) is 20.3. The highest BCUT2D eigenvalue weighted by atomic mass is 35.5. The summed E-state index contributed by atoms with van der Waals surface area (Å²) < 4.78 is 0. The van der Waals surface area contributed by atoms with Crippen LogP contribution in [0.4, 0.5) is 5.69 Å². The lowest BCUT2D eigenvalue weighted by Crippen LogP contribution is -2.45. The van der Waals surface area contributed by atoms with Crippen molar-refractivity contribution >= 4 is 35.0 Å². The van der Waals surface area contributed by atoms with Crippen LogP contribution in [-0.2, 0) is 0 Å². The summed E-state index contributed by atoms with van der Waals surface area (Å²) in [6, 6.07) is 13.2. The zero-order valence-electron chi connectivity index (χ0n) is 16.8. The zero-order valence-corrected chi connectivity index (χ0v) is 17.5. The number of carbonyl (C=O) groups is 1. The van der Waals surface area contributed by atoms with Gasteiger partial charge in [-0.3, -0.25) is 4.79 Å². The SMILES string of the molecule is CCCN1c2ccc(/C=N\NC(=O)c3ccccc3Cl)cc2C(C)=CC1(C)C. The quantitative estimate of drug-likeness (QED) is 0.535. The molecule has 1 heterocycles. The molecule has 0 fully saturated rings. The van der Waals surface area contributed by atoms with Crippen molar-refractivity contribution in [2.75, 3.05) is 11.4 Å². The Balaban J connectivity index is 1.80. The molecule has 0 aliphatic carbocycles. The molecule has 5 heteroatoms. The van der Waals surface area contributed by atoms with E-state index in [4.69, 9.17) is 11.6 Å². The second kappa shape index (κ2) is 8.19. The molecule has 0 bridgehead atoms. The van der Waals surface area contributed by atoms with Crippen molar-refractivity contribution in [1.29, 1.82) is 0 Å². The Kier molecular flexibility index (Phi) is 5.90. The Morgan fingerprint density at radius 2 is 2.00 bits per heavy atom. The fourth-order valence-electron chi connectivity index (χ4n) is 3.68. The molecule has 2 aromatic carbocycles. The number of carbonyl (C=O) groups excluding carboxylic acids is 1. The van der Waals surface area contributed by atoms with Gasteiger partial charge in [0.25, 0.3) is 5.91 Å². The van der Waals surface area contributed by atoms with Gasteiger partial charge in [-0.15, -0.1) is 0 Å².